The molecule has 2 fully saturated rings. The summed E-state index contributed by atoms with van der Waals surface area (Å²) in [6, 6.07) is 7.20. The molecule has 1 saturated heterocycles. The van der Waals surface area contributed by atoms with Crippen LogP contribution in [0.2, 0.25) is 0 Å². The van der Waals surface area contributed by atoms with Gasteiger partial charge in [-0.3, -0.25) is 9.59 Å². The minimum absolute atomic E-state index is 0.124. The van der Waals surface area contributed by atoms with Crippen LogP contribution < -0.4 is 10.3 Å². The van der Waals surface area contributed by atoms with E-state index in [1.165, 1.54) is 6.42 Å². The van der Waals surface area contributed by atoms with Gasteiger partial charge in [-0.25, -0.2) is 5.43 Å². The van der Waals surface area contributed by atoms with Gasteiger partial charge in [0.05, 0.1) is 0 Å². The lowest BCUT2D eigenvalue weighted by Crippen LogP contribution is -2.26. The molecule has 0 bridgehead atoms. The molecule has 1 aromatic rings. The van der Waals surface area contributed by atoms with Crippen molar-refractivity contribution in [2.24, 2.45) is 11.0 Å². The van der Waals surface area contributed by atoms with Gasteiger partial charge in [-0.2, -0.15) is 5.10 Å². The molecule has 0 spiro atoms. The lowest BCUT2D eigenvalue weighted by atomic mass is 9.89. The molecule has 0 aromatic heterocycles. The van der Waals surface area contributed by atoms with Crippen LogP contribution in [-0.4, -0.2) is 24.1 Å². The highest BCUT2D eigenvalue weighted by atomic mass is 16.2. The van der Waals surface area contributed by atoms with Crippen molar-refractivity contribution in [2.75, 3.05) is 11.4 Å². The Morgan fingerprint density at radius 1 is 1.26 bits per heavy atom. The first-order valence-corrected chi connectivity index (χ1v) is 8.42. The Labute approximate surface area is 136 Å². The summed E-state index contributed by atoms with van der Waals surface area (Å²) in [4.78, 5) is 25.9. The van der Waals surface area contributed by atoms with Crippen LogP contribution in [0.4, 0.5) is 5.69 Å². The minimum Gasteiger partial charge on any atom is -0.312 e. The topological polar surface area (TPSA) is 61.8 Å². The third-order valence-electron chi connectivity index (χ3n) is 4.68. The fourth-order valence-corrected chi connectivity index (χ4v) is 3.26. The van der Waals surface area contributed by atoms with Crippen LogP contribution >= 0.6 is 0 Å². The predicted molar refractivity (Wildman–Crippen MR) is 90.6 cm³/mol. The number of hydrogen-bond donors (Lipinski definition) is 1. The van der Waals surface area contributed by atoms with E-state index in [1.54, 1.807) is 17.0 Å². The Balaban J connectivity index is 1.70. The summed E-state index contributed by atoms with van der Waals surface area (Å²) >= 11 is 0. The Hall–Kier alpha value is -2.17. The van der Waals surface area contributed by atoms with E-state index in [0.717, 1.165) is 43.6 Å². The highest BCUT2D eigenvalue weighted by Gasteiger charge is 2.22. The first-order chi connectivity index (χ1) is 11.1. The number of nitrogens with one attached hydrogen (secondary N) is 1. The van der Waals surface area contributed by atoms with E-state index in [0.29, 0.717) is 17.9 Å². The van der Waals surface area contributed by atoms with Crippen molar-refractivity contribution in [3.63, 3.8) is 0 Å². The fourth-order valence-electron chi connectivity index (χ4n) is 3.26. The largest absolute Gasteiger partial charge is 0.312 e. The lowest BCUT2D eigenvalue weighted by molar-refractivity contribution is -0.117. The van der Waals surface area contributed by atoms with E-state index in [1.807, 2.05) is 12.1 Å². The molecule has 0 unspecified atom stereocenters. The second kappa shape index (κ2) is 6.94. The number of carbonyl (C=O) groups is 2. The predicted octanol–water partition coefficient (Wildman–Crippen LogP) is 3.11. The quantitative estimate of drug-likeness (QED) is 0.872. The molecule has 3 rings (SSSR count). The first-order valence-electron chi connectivity index (χ1n) is 8.42. The van der Waals surface area contributed by atoms with Gasteiger partial charge in [0.15, 0.2) is 0 Å². The van der Waals surface area contributed by atoms with Gasteiger partial charge < -0.3 is 4.90 Å². The van der Waals surface area contributed by atoms with Gasteiger partial charge in [-0.05, 0) is 49.8 Å². The average Bonchev–Trinajstić information content (AvgIpc) is 3.00. The molecule has 1 heterocycles. The van der Waals surface area contributed by atoms with Crippen molar-refractivity contribution in [3.8, 4) is 0 Å². The molecule has 1 saturated carbocycles. The van der Waals surface area contributed by atoms with Crippen LogP contribution in [0, 0.1) is 5.92 Å². The van der Waals surface area contributed by atoms with E-state index in [4.69, 9.17) is 0 Å². The van der Waals surface area contributed by atoms with Gasteiger partial charge in [-0.15, -0.1) is 0 Å². The molecular weight excluding hydrogens is 290 g/mol. The van der Waals surface area contributed by atoms with Crippen molar-refractivity contribution < 1.29 is 9.59 Å². The summed E-state index contributed by atoms with van der Waals surface area (Å²) in [5, 5.41) is 4.32. The van der Waals surface area contributed by atoms with Crippen LogP contribution in [0.15, 0.2) is 29.4 Å². The molecule has 5 nitrogen and oxygen atoms in total. The molecule has 122 valence electrons. The number of anilines is 1. The van der Waals surface area contributed by atoms with Crippen molar-refractivity contribution >= 4 is 23.2 Å². The Morgan fingerprint density at radius 2 is 2.13 bits per heavy atom. The lowest BCUT2D eigenvalue weighted by Gasteiger charge is -2.20. The van der Waals surface area contributed by atoms with Crippen LogP contribution in [0.3, 0.4) is 0 Å². The number of benzene rings is 1. The van der Waals surface area contributed by atoms with Gasteiger partial charge >= 0.3 is 0 Å². The zero-order chi connectivity index (χ0) is 16.2. The normalized spacial score (nSPS) is 23.3. The molecule has 1 N–H and O–H groups in total. The number of carbonyl (C=O) groups excluding carboxylic acids is 2. The fraction of sp³-hybridized carbons (Fsp3) is 0.500. The van der Waals surface area contributed by atoms with E-state index in [-0.39, 0.29) is 11.8 Å². The van der Waals surface area contributed by atoms with E-state index in [9.17, 15) is 9.59 Å². The molecule has 2 amide bonds. The smallest absolute Gasteiger partial charge is 0.271 e. The highest BCUT2D eigenvalue weighted by molar-refractivity contribution is 5.99. The zero-order valence-electron chi connectivity index (χ0n) is 13.5. The summed E-state index contributed by atoms with van der Waals surface area (Å²) in [6.45, 7) is 2.88. The van der Waals surface area contributed by atoms with Crippen molar-refractivity contribution in [1.82, 2.24) is 5.43 Å². The van der Waals surface area contributed by atoms with Crippen molar-refractivity contribution in [1.29, 1.82) is 0 Å². The van der Waals surface area contributed by atoms with Gasteiger partial charge in [0.1, 0.15) is 0 Å². The Kier molecular flexibility index (Phi) is 4.74. The molecule has 1 atom stereocenters. The van der Waals surface area contributed by atoms with Crippen molar-refractivity contribution in [3.05, 3.63) is 29.8 Å². The third-order valence-corrected chi connectivity index (χ3v) is 4.68. The number of nitrogens with zero attached hydrogens (tertiary/aromatic N) is 2. The maximum atomic E-state index is 12.3. The van der Waals surface area contributed by atoms with Crippen LogP contribution in [0.1, 0.15) is 55.8 Å². The Bertz CT molecular complexity index is 639. The van der Waals surface area contributed by atoms with Crippen LogP contribution in [0.25, 0.3) is 0 Å². The SMILES string of the molecule is C[C@H]1CCCCC1=NNC(=O)c1cccc(N2CCCC2=O)c1. The maximum absolute atomic E-state index is 12.3. The second-order valence-corrected chi connectivity index (χ2v) is 6.39. The van der Waals surface area contributed by atoms with E-state index in [2.05, 4.69) is 17.5 Å². The van der Waals surface area contributed by atoms with Crippen LogP contribution in [0.5, 0.6) is 0 Å². The number of hydrogen-bond acceptors (Lipinski definition) is 3. The summed E-state index contributed by atoms with van der Waals surface area (Å²) in [5.74, 6) is 0.347. The molecule has 0 radical (unpaired) electrons. The van der Waals surface area contributed by atoms with Gasteiger partial charge in [0.25, 0.3) is 5.91 Å². The molecular formula is C18H23N3O2. The van der Waals surface area contributed by atoms with E-state index < -0.39 is 0 Å². The van der Waals surface area contributed by atoms with Crippen molar-refractivity contribution in [2.45, 2.75) is 45.4 Å². The number of rotatable bonds is 3. The van der Waals surface area contributed by atoms with Crippen LogP contribution in [-0.2, 0) is 4.79 Å². The van der Waals surface area contributed by atoms with Gasteiger partial charge in [0.2, 0.25) is 5.91 Å². The second-order valence-electron chi connectivity index (χ2n) is 6.39. The highest BCUT2D eigenvalue weighted by Crippen LogP contribution is 2.23. The third kappa shape index (κ3) is 3.60. The van der Waals surface area contributed by atoms with Gasteiger partial charge in [0, 0.05) is 29.9 Å². The number of hydrazone groups is 1. The van der Waals surface area contributed by atoms with Gasteiger partial charge in [-0.1, -0.05) is 19.4 Å². The Morgan fingerprint density at radius 3 is 2.87 bits per heavy atom. The summed E-state index contributed by atoms with van der Waals surface area (Å²) < 4.78 is 0. The molecule has 2 aliphatic rings. The monoisotopic (exact) mass is 313 g/mol. The minimum atomic E-state index is -0.219. The maximum Gasteiger partial charge on any atom is 0.271 e. The average molecular weight is 313 g/mol. The summed E-state index contributed by atoms with van der Waals surface area (Å²) in [7, 11) is 0. The molecule has 1 aliphatic heterocycles. The zero-order valence-corrected chi connectivity index (χ0v) is 13.5. The summed E-state index contributed by atoms with van der Waals surface area (Å²) in [5.41, 5.74) is 5.08. The molecule has 1 aromatic carbocycles. The molecule has 23 heavy (non-hydrogen) atoms. The molecule has 1 aliphatic carbocycles. The standard InChI is InChI=1S/C18H23N3O2/c1-13-6-2-3-9-16(13)19-20-18(23)14-7-4-8-15(12-14)21-11-5-10-17(21)22/h4,7-8,12-13H,2-3,5-6,9-11H2,1H3,(H,20,23)/t13-/m0/s1. The number of amides is 2. The van der Waals surface area contributed by atoms with E-state index >= 15 is 0 Å². The summed E-state index contributed by atoms with van der Waals surface area (Å²) in [6.07, 6.45) is 5.94. The first kappa shape index (κ1) is 15.7. The molecule has 5 heteroatoms.